The van der Waals surface area contributed by atoms with E-state index in [1.165, 1.54) is 186 Å². The lowest BCUT2D eigenvalue weighted by Crippen LogP contribution is -2.45. The third kappa shape index (κ3) is 34.9. The number of nitrogens with zero attached hydrogens (tertiary/aromatic N) is 2. The Kier molecular flexibility index (Phi) is 40.7. The number of carbonyl (C=O) groups excluding carboxylic acids is 1. The Balaban J connectivity index is 4.85. The molecule has 0 rings (SSSR count). The topological polar surface area (TPSA) is 23.6 Å². The summed E-state index contributed by atoms with van der Waals surface area (Å²) in [7, 11) is 4.33. The summed E-state index contributed by atoms with van der Waals surface area (Å²) in [5, 5.41) is 0. The largest absolute Gasteiger partial charge is 0.339 e. The van der Waals surface area contributed by atoms with Crippen molar-refractivity contribution < 1.29 is 4.79 Å². The molecule has 0 bridgehead atoms. The molecule has 0 aromatic heterocycles. The molecular weight excluding hydrogens is 645 g/mol. The van der Waals surface area contributed by atoms with Gasteiger partial charge in [-0.25, -0.2) is 0 Å². The van der Waals surface area contributed by atoms with E-state index >= 15 is 0 Å². The highest BCUT2D eigenvalue weighted by atomic mass is 16.2. The summed E-state index contributed by atoms with van der Waals surface area (Å²) in [6.07, 6.45) is 56.4. The van der Waals surface area contributed by atoms with Crippen LogP contribution in [0, 0.1) is 5.92 Å². The molecule has 0 radical (unpaired) electrons. The van der Waals surface area contributed by atoms with E-state index in [9.17, 15) is 4.79 Å². The van der Waals surface area contributed by atoms with E-state index < -0.39 is 0 Å². The Morgan fingerprint density at radius 3 is 1.28 bits per heavy atom. The third-order valence-electron chi connectivity index (χ3n) is 11.3. The van der Waals surface area contributed by atoms with E-state index in [4.69, 9.17) is 0 Å². The highest BCUT2D eigenvalue weighted by Crippen LogP contribution is 2.25. The van der Waals surface area contributed by atoms with E-state index in [0.717, 1.165) is 38.8 Å². The first kappa shape index (κ1) is 51.6. The first-order chi connectivity index (χ1) is 26.0. The Hall–Kier alpha value is -1.35. The number of carbonyl (C=O) groups is 1. The summed E-state index contributed by atoms with van der Waals surface area (Å²) < 4.78 is 0. The molecule has 0 saturated heterocycles. The van der Waals surface area contributed by atoms with E-state index in [0.29, 0.717) is 11.9 Å². The van der Waals surface area contributed by atoms with Crippen LogP contribution in [0.1, 0.15) is 240 Å². The molecule has 0 aliphatic rings. The number of amides is 1. The van der Waals surface area contributed by atoms with Crippen molar-refractivity contribution in [3.8, 4) is 0 Å². The van der Waals surface area contributed by atoms with Crippen LogP contribution in [0.2, 0.25) is 0 Å². The number of hydrogen-bond acceptors (Lipinski definition) is 2. The summed E-state index contributed by atoms with van der Waals surface area (Å²) in [5.74, 6) is 0.677. The maximum absolute atomic E-state index is 14.2. The highest BCUT2D eigenvalue weighted by molar-refractivity contribution is 5.79. The predicted octanol–water partition coefficient (Wildman–Crippen LogP) is 16.0. The number of unbranched alkanes of at least 4 members (excludes halogenated alkanes) is 22. The van der Waals surface area contributed by atoms with Gasteiger partial charge in [0.25, 0.3) is 0 Å². The molecule has 312 valence electrons. The zero-order chi connectivity index (χ0) is 38.9. The summed E-state index contributed by atoms with van der Waals surface area (Å²) >= 11 is 0. The fourth-order valence-corrected chi connectivity index (χ4v) is 7.68. The first-order valence-corrected chi connectivity index (χ1v) is 23.9. The van der Waals surface area contributed by atoms with Crippen LogP contribution in [0.5, 0.6) is 0 Å². The molecule has 3 nitrogen and oxygen atoms in total. The monoisotopic (exact) mass is 741 g/mol. The first-order valence-electron chi connectivity index (χ1n) is 23.9. The van der Waals surface area contributed by atoms with Gasteiger partial charge in [-0.3, -0.25) is 4.79 Å². The van der Waals surface area contributed by atoms with Crippen molar-refractivity contribution in [2.45, 2.75) is 246 Å². The van der Waals surface area contributed by atoms with Crippen LogP contribution in [0.4, 0.5) is 0 Å². The van der Waals surface area contributed by atoms with Crippen LogP contribution in [0.15, 0.2) is 36.5 Å². The molecule has 53 heavy (non-hydrogen) atoms. The van der Waals surface area contributed by atoms with Crippen LogP contribution in [0.25, 0.3) is 0 Å². The summed E-state index contributed by atoms with van der Waals surface area (Å²) in [4.78, 5) is 18.9. The number of rotatable bonds is 41. The zero-order valence-electron chi connectivity index (χ0n) is 37.2. The second kappa shape index (κ2) is 41.8. The normalized spacial score (nSPS) is 13.3. The van der Waals surface area contributed by atoms with Gasteiger partial charge in [0.1, 0.15) is 0 Å². The van der Waals surface area contributed by atoms with Gasteiger partial charge in [-0.15, -0.1) is 0 Å². The fourth-order valence-electron chi connectivity index (χ4n) is 7.68. The minimum absolute atomic E-state index is 0.203. The minimum Gasteiger partial charge on any atom is -0.339 e. The molecule has 0 aromatic carbocycles. The van der Waals surface area contributed by atoms with E-state index in [2.05, 4.69) is 88.0 Å². The molecule has 2 unspecified atom stereocenters. The molecule has 0 fully saturated rings. The minimum atomic E-state index is 0.203. The van der Waals surface area contributed by atoms with Crippen molar-refractivity contribution in [3.05, 3.63) is 36.5 Å². The van der Waals surface area contributed by atoms with Crippen LogP contribution in [0.3, 0.4) is 0 Å². The highest BCUT2D eigenvalue weighted by Gasteiger charge is 2.28. The molecule has 3 heteroatoms. The SMILES string of the molecule is CCCCC/C=C\C/C=C\CCCCCCCCC(CCCCCCCC/C=C\CCCCCCC)N(CCCN(C)C)C(=O)C(CC)CCCCC. The molecule has 0 aliphatic carbocycles. The van der Waals surface area contributed by atoms with Gasteiger partial charge < -0.3 is 9.80 Å². The lowest BCUT2D eigenvalue weighted by Gasteiger charge is -2.35. The molecular formula is C50H96N2O. The smallest absolute Gasteiger partial charge is 0.225 e. The van der Waals surface area contributed by atoms with Crippen LogP contribution in [-0.2, 0) is 4.79 Å². The Morgan fingerprint density at radius 1 is 0.434 bits per heavy atom. The van der Waals surface area contributed by atoms with Crippen LogP contribution in [-0.4, -0.2) is 48.9 Å². The molecule has 0 saturated carbocycles. The summed E-state index contributed by atoms with van der Waals surface area (Å²) in [6, 6.07) is 0.419. The molecule has 1 amide bonds. The Morgan fingerprint density at radius 2 is 0.811 bits per heavy atom. The van der Waals surface area contributed by atoms with Crippen molar-refractivity contribution in [2.24, 2.45) is 5.92 Å². The number of hydrogen-bond donors (Lipinski definition) is 0. The van der Waals surface area contributed by atoms with E-state index in [1.807, 2.05) is 0 Å². The zero-order valence-corrected chi connectivity index (χ0v) is 37.2. The Bertz CT molecular complexity index is 829. The van der Waals surface area contributed by atoms with E-state index in [-0.39, 0.29) is 5.92 Å². The van der Waals surface area contributed by atoms with Gasteiger partial charge in [0.05, 0.1) is 0 Å². The van der Waals surface area contributed by atoms with Crippen LogP contribution >= 0.6 is 0 Å². The number of allylic oxidation sites excluding steroid dienone is 6. The average molecular weight is 741 g/mol. The maximum atomic E-state index is 14.2. The van der Waals surface area contributed by atoms with Crippen molar-refractivity contribution in [1.29, 1.82) is 0 Å². The second-order valence-electron chi connectivity index (χ2n) is 16.7. The van der Waals surface area contributed by atoms with Gasteiger partial charge in [-0.2, -0.15) is 0 Å². The quantitative estimate of drug-likeness (QED) is 0.0460. The predicted molar refractivity (Wildman–Crippen MR) is 240 cm³/mol. The van der Waals surface area contributed by atoms with Gasteiger partial charge >= 0.3 is 0 Å². The van der Waals surface area contributed by atoms with Crippen molar-refractivity contribution in [3.63, 3.8) is 0 Å². The fraction of sp³-hybridized carbons (Fsp3) is 0.860. The second-order valence-corrected chi connectivity index (χ2v) is 16.7. The van der Waals surface area contributed by atoms with Crippen molar-refractivity contribution in [2.75, 3.05) is 27.2 Å². The lowest BCUT2D eigenvalue weighted by molar-refractivity contribution is -0.139. The van der Waals surface area contributed by atoms with Gasteiger partial charge in [0, 0.05) is 18.5 Å². The van der Waals surface area contributed by atoms with Gasteiger partial charge in [-0.1, -0.05) is 186 Å². The molecule has 0 N–H and O–H groups in total. The molecule has 0 spiro atoms. The maximum Gasteiger partial charge on any atom is 0.225 e. The third-order valence-corrected chi connectivity index (χ3v) is 11.3. The molecule has 0 aliphatic heterocycles. The molecule has 0 aromatic rings. The average Bonchev–Trinajstić information content (AvgIpc) is 3.15. The molecule has 2 atom stereocenters. The van der Waals surface area contributed by atoms with Crippen molar-refractivity contribution in [1.82, 2.24) is 9.80 Å². The van der Waals surface area contributed by atoms with Gasteiger partial charge in [0.2, 0.25) is 5.91 Å². The summed E-state index contributed by atoms with van der Waals surface area (Å²) in [5.41, 5.74) is 0. The van der Waals surface area contributed by atoms with Gasteiger partial charge in [-0.05, 0) is 111 Å². The van der Waals surface area contributed by atoms with Crippen LogP contribution < -0.4 is 0 Å². The van der Waals surface area contributed by atoms with E-state index in [1.54, 1.807) is 0 Å². The van der Waals surface area contributed by atoms with Crippen molar-refractivity contribution >= 4 is 5.91 Å². The Labute approximate surface area is 334 Å². The van der Waals surface area contributed by atoms with Gasteiger partial charge in [0.15, 0.2) is 0 Å². The lowest BCUT2D eigenvalue weighted by atomic mass is 9.93. The summed E-state index contributed by atoms with van der Waals surface area (Å²) in [6.45, 7) is 11.1. The molecule has 0 heterocycles. The standard InChI is InChI=1S/C50H96N2O/c1-7-11-14-16-18-20-22-24-26-28-30-32-34-36-38-41-45-49(44-40-37-35-33-31-29-27-25-23-21-19-17-15-12-8-2)52(47-42-46-51(5)6)50(53)48(10-4)43-39-13-9-3/h18,20,23-26,48-49H,7-17,19,21-22,27-47H2,1-6H3/b20-18-,25-23-,26-24-.